The Bertz CT molecular complexity index is 1630. The van der Waals surface area contributed by atoms with E-state index in [1.165, 1.54) is 12.1 Å². The van der Waals surface area contributed by atoms with E-state index in [0.717, 1.165) is 27.9 Å². The molecule has 0 saturated heterocycles. The van der Waals surface area contributed by atoms with Gasteiger partial charge in [0.15, 0.2) is 0 Å². The molecule has 4 aromatic rings. The molecule has 1 aromatic heterocycles. The predicted molar refractivity (Wildman–Crippen MR) is 164 cm³/mol. The SMILES string of the molecule is CCC(C(=O)O)n1c2c(c3cc(F)ccc31)C[C@@H](NC(=O)C(CC(=O)NCc1ccccc1C)Cc1ccccc1)CC2. The number of aryl methyl sites for hydroxylation is 1. The lowest BCUT2D eigenvalue weighted by Crippen LogP contribution is -2.44. The Labute approximate surface area is 251 Å². The fourth-order valence-corrected chi connectivity index (χ4v) is 6.29. The quantitative estimate of drug-likeness (QED) is 0.212. The Hall–Kier alpha value is -4.46. The Balaban J connectivity index is 1.34. The third-order valence-electron chi connectivity index (χ3n) is 8.56. The van der Waals surface area contributed by atoms with Crippen LogP contribution in [0.5, 0.6) is 0 Å². The number of carboxylic acid groups (broad SMARTS) is 1. The Morgan fingerprint density at radius 2 is 1.79 bits per heavy atom. The first-order valence-electron chi connectivity index (χ1n) is 14.9. The van der Waals surface area contributed by atoms with E-state index < -0.39 is 17.9 Å². The molecule has 224 valence electrons. The van der Waals surface area contributed by atoms with Gasteiger partial charge in [-0.1, -0.05) is 61.5 Å². The Morgan fingerprint density at radius 3 is 2.51 bits per heavy atom. The highest BCUT2D eigenvalue weighted by molar-refractivity contribution is 5.89. The Kier molecular flexibility index (Phi) is 9.24. The van der Waals surface area contributed by atoms with Crippen LogP contribution in [0.4, 0.5) is 4.39 Å². The third kappa shape index (κ3) is 6.79. The molecule has 2 unspecified atom stereocenters. The molecule has 0 aliphatic heterocycles. The molecule has 1 aliphatic carbocycles. The molecule has 0 spiro atoms. The van der Waals surface area contributed by atoms with Gasteiger partial charge in [-0.2, -0.15) is 0 Å². The van der Waals surface area contributed by atoms with Gasteiger partial charge in [0.05, 0.1) is 5.92 Å². The third-order valence-corrected chi connectivity index (χ3v) is 8.56. The van der Waals surface area contributed by atoms with Crippen LogP contribution in [-0.2, 0) is 40.2 Å². The number of halogens is 1. The van der Waals surface area contributed by atoms with E-state index >= 15 is 0 Å². The lowest BCUT2D eigenvalue weighted by Gasteiger charge is -2.28. The van der Waals surface area contributed by atoms with Crippen molar-refractivity contribution in [3.05, 3.63) is 107 Å². The van der Waals surface area contributed by atoms with Crippen LogP contribution in [0.15, 0.2) is 72.8 Å². The molecule has 43 heavy (non-hydrogen) atoms. The number of benzene rings is 3. The first-order chi connectivity index (χ1) is 20.7. The van der Waals surface area contributed by atoms with Gasteiger partial charge in [0.2, 0.25) is 11.8 Å². The largest absolute Gasteiger partial charge is 0.480 e. The molecule has 5 rings (SSSR count). The van der Waals surface area contributed by atoms with Gasteiger partial charge in [0.25, 0.3) is 0 Å². The van der Waals surface area contributed by atoms with E-state index in [0.29, 0.717) is 49.6 Å². The monoisotopic (exact) mass is 583 g/mol. The minimum absolute atomic E-state index is 0.0475. The highest BCUT2D eigenvalue weighted by Gasteiger charge is 2.32. The highest BCUT2D eigenvalue weighted by atomic mass is 19.1. The second-order valence-corrected chi connectivity index (χ2v) is 11.5. The number of amides is 2. The maximum Gasteiger partial charge on any atom is 0.326 e. The maximum atomic E-state index is 14.4. The number of aromatic nitrogens is 1. The van der Waals surface area contributed by atoms with Crippen molar-refractivity contribution < 1.29 is 23.9 Å². The van der Waals surface area contributed by atoms with E-state index in [-0.39, 0.29) is 30.1 Å². The summed E-state index contributed by atoms with van der Waals surface area (Å²) in [6, 6.07) is 21.0. The normalized spacial score (nSPS) is 15.8. The topological polar surface area (TPSA) is 100 Å². The second-order valence-electron chi connectivity index (χ2n) is 11.5. The summed E-state index contributed by atoms with van der Waals surface area (Å²) in [5.41, 5.74) is 5.55. The van der Waals surface area contributed by atoms with E-state index in [9.17, 15) is 23.9 Å². The number of hydrogen-bond acceptors (Lipinski definition) is 3. The van der Waals surface area contributed by atoms with Gasteiger partial charge in [0.1, 0.15) is 11.9 Å². The number of carbonyl (C=O) groups is 3. The lowest BCUT2D eigenvalue weighted by molar-refractivity contribution is -0.141. The molecule has 0 bridgehead atoms. The Morgan fingerprint density at radius 1 is 1.05 bits per heavy atom. The zero-order chi connectivity index (χ0) is 30.5. The smallest absolute Gasteiger partial charge is 0.326 e. The van der Waals surface area contributed by atoms with Crippen LogP contribution >= 0.6 is 0 Å². The molecule has 1 heterocycles. The summed E-state index contributed by atoms with van der Waals surface area (Å²) in [6.45, 7) is 4.22. The fraction of sp³-hybridized carbons (Fsp3) is 0.343. The van der Waals surface area contributed by atoms with Crippen molar-refractivity contribution >= 4 is 28.7 Å². The molecule has 0 radical (unpaired) electrons. The van der Waals surface area contributed by atoms with E-state index in [1.54, 1.807) is 6.07 Å². The molecule has 0 saturated carbocycles. The molecule has 1 aliphatic rings. The van der Waals surface area contributed by atoms with Gasteiger partial charge in [0, 0.05) is 35.6 Å². The summed E-state index contributed by atoms with van der Waals surface area (Å²) in [6.07, 6.45) is 2.50. The molecular weight excluding hydrogens is 545 g/mol. The first kappa shape index (κ1) is 30.0. The minimum Gasteiger partial charge on any atom is -0.480 e. The van der Waals surface area contributed by atoms with Crippen molar-refractivity contribution in [3.8, 4) is 0 Å². The molecule has 2 amide bonds. The average molecular weight is 584 g/mol. The lowest BCUT2D eigenvalue weighted by atomic mass is 9.89. The zero-order valence-electron chi connectivity index (χ0n) is 24.6. The minimum atomic E-state index is -0.925. The summed E-state index contributed by atoms with van der Waals surface area (Å²) >= 11 is 0. The molecule has 8 heteroatoms. The number of rotatable bonds is 11. The standard InChI is InChI=1S/C35H38FN3O4/c1-3-30(35(42)43)39-31-15-13-26(36)19-28(31)29-20-27(14-16-32(29)39)38-34(41)25(17-23-10-5-4-6-11-23)18-33(40)37-21-24-12-8-7-9-22(24)2/h4-13,15,19,25,27,30H,3,14,16-18,20-21H2,1-2H3,(H,37,40)(H,38,41)(H,42,43)/t25?,27-,30?/m0/s1. The summed E-state index contributed by atoms with van der Waals surface area (Å²) in [5.74, 6) is -2.28. The summed E-state index contributed by atoms with van der Waals surface area (Å²) in [4.78, 5) is 38.9. The van der Waals surface area contributed by atoms with E-state index in [4.69, 9.17) is 0 Å². The van der Waals surface area contributed by atoms with Crippen molar-refractivity contribution in [3.63, 3.8) is 0 Å². The summed E-state index contributed by atoms with van der Waals surface area (Å²) in [5, 5.41) is 16.8. The van der Waals surface area contributed by atoms with Crippen molar-refractivity contribution in [1.82, 2.24) is 15.2 Å². The van der Waals surface area contributed by atoms with Gasteiger partial charge in [-0.3, -0.25) is 9.59 Å². The number of nitrogens with zero attached hydrogens (tertiary/aromatic N) is 1. The van der Waals surface area contributed by atoms with E-state index in [1.807, 2.05) is 73.0 Å². The number of carbonyl (C=O) groups excluding carboxylic acids is 2. The fourth-order valence-electron chi connectivity index (χ4n) is 6.29. The highest BCUT2D eigenvalue weighted by Crippen LogP contribution is 2.36. The number of fused-ring (bicyclic) bond motifs is 3. The number of carboxylic acids is 1. The molecule has 3 N–H and O–H groups in total. The average Bonchev–Trinajstić information content (AvgIpc) is 3.29. The summed E-state index contributed by atoms with van der Waals surface area (Å²) in [7, 11) is 0. The van der Waals surface area contributed by atoms with E-state index in [2.05, 4.69) is 10.6 Å². The predicted octanol–water partition coefficient (Wildman–Crippen LogP) is 5.66. The van der Waals surface area contributed by atoms with Gasteiger partial charge in [-0.15, -0.1) is 0 Å². The van der Waals surface area contributed by atoms with Crippen LogP contribution < -0.4 is 10.6 Å². The van der Waals surface area contributed by atoms with Crippen LogP contribution in [0.2, 0.25) is 0 Å². The van der Waals surface area contributed by atoms with Crippen molar-refractivity contribution in [2.75, 3.05) is 0 Å². The number of aliphatic carboxylic acids is 1. The van der Waals surface area contributed by atoms with Gasteiger partial charge >= 0.3 is 5.97 Å². The van der Waals surface area contributed by atoms with Crippen LogP contribution in [0.25, 0.3) is 10.9 Å². The van der Waals surface area contributed by atoms with Crippen molar-refractivity contribution in [2.45, 2.75) is 71.0 Å². The molecule has 0 fully saturated rings. The number of nitrogens with one attached hydrogen (secondary N) is 2. The molecule has 3 aromatic carbocycles. The van der Waals surface area contributed by atoms with Crippen LogP contribution in [0.1, 0.15) is 60.2 Å². The zero-order valence-corrected chi connectivity index (χ0v) is 24.6. The van der Waals surface area contributed by atoms with Gasteiger partial charge in [-0.25, -0.2) is 9.18 Å². The molecule has 7 nitrogen and oxygen atoms in total. The molecule has 3 atom stereocenters. The number of hydrogen-bond donors (Lipinski definition) is 3. The second kappa shape index (κ2) is 13.2. The van der Waals surface area contributed by atoms with Crippen molar-refractivity contribution in [1.29, 1.82) is 0 Å². The van der Waals surface area contributed by atoms with Crippen molar-refractivity contribution in [2.24, 2.45) is 5.92 Å². The van der Waals surface area contributed by atoms with Crippen LogP contribution in [0.3, 0.4) is 0 Å². The molecular formula is C35H38FN3O4. The van der Waals surface area contributed by atoms with Crippen LogP contribution in [0, 0.1) is 18.7 Å². The summed E-state index contributed by atoms with van der Waals surface area (Å²) < 4.78 is 16.2. The van der Waals surface area contributed by atoms with Gasteiger partial charge < -0.3 is 20.3 Å². The van der Waals surface area contributed by atoms with Crippen LogP contribution in [-0.4, -0.2) is 33.5 Å². The first-order valence-corrected chi connectivity index (χ1v) is 14.9. The maximum absolute atomic E-state index is 14.4. The van der Waals surface area contributed by atoms with Gasteiger partial charge in [-0.05, 0) is 79.5 Å².